The Kier molecular flexibility index (Phi) is 4.22. The minimum atomic E-state index is 0.211. The van der Waals surface area contributed by atoms with Crippen LogP contribution in [0.2, 0.25) is 0 Å². The maximum absolute atomic E-state index is 11.9. The van der Waals surface area contributed by atoms with Gasteiger partial charge in [-0.3, -0.25) is 4.79 Å². The van der Waals surface area contributed by atoms with Gasteiger partial charge in [0.2, 0.25) is 0 Å². The summed E-state index contributed by atoms with van der Waals surface area (Å²) in [5.41, 5.74) is 1.70. The smallest absolute Gasteiger partial charge is 0.167 e. The van der Waals surface area contributed by atoms with Gasteiger partial charge in [0.15, 0.2) is 17.3 Å². The molecule has 0 spiro atoms. The molecule has 0 saturated carbocycles. The lowest BCUT2D eigenvalue weighted by Gasteiger charge is -2.23. The Bertz CT molecular complexity index is 508. The van der Waals surface area contributed by atoms with E-state index in [1.165, 1.54) is 0 Å². The molecular weight excluding hydrogens is 242 g/mol. The van der Waals surface area contributed by atoms with Crippen molar-refractivity contribution in [3.05, 3.63) is 29.3 Å². The van der Waals surface area contributed by atoms with E-state index in [2.05, 4.69) is 4.90 Å². The van der Waals surface area contributed by atoms with E-state index in [9.17, 15) is 4.79 Å². The van der Waals surface area contributed by atoms with Crippen LogP contribution in [0.1, 0.15) is 12.0 Å². The predicted molar refractivity (Wildman–Crippen MR) is 74.6 cm³/mol. The monoisotopic (exact) mass is 261 g/mol. The molecule has 1 aromatic carbocycles. The van der Waals surface area contributed by atoms with Crippen molar-refractivity contribution in [2.45, 2.75) is 6.42 Å². The van der Waals surface area contributed by atoms with Crippen LogP contribution in [0.15, 0.2) is 23.8 Å². The number of piperidine rings is 1. The number of para-hydroxylation sites is 1. The van der Waals surface area contributed by atoms with Crippen molar-refractivity contribution in [1.29, 1.82) is 0 Å². The van der Waals surface area contributed by atoms with Crippen LogP contribution in [0.5, 0.6) is 11.5 Å². The Balaban J connectivity index is 2.39. The van der Waals surface area contributed by atoms with Crippen LogP contribution >= 0.6 is 0 Å². The van der Waals surface area contributed by atoms with Crippen LogP contribution in [0.25, 0.3) is 6.08 Å². The van der Waals surface area contributed by atoms with Gasteiger partial charge in [-0.2, -0.15) is 0 Å². The molecule has 0 unspecified atom stereocenters. The van der Waals surface area contributed by atoms with Gasteiger partial charge in [0.1, 0.15) is 0 Å². The second kappa shape index (κ2) is 5.89. The fourth-order valence-electron chi connectivity index (χ4n) is 2.25. The van der Waals surface area contributed by atoms with Gasteiger partial charge in [-0.25, -0.2) is 0 Å². The third kappa shape index (κ3) is 2.96. The molecule has 102 valence electrons. The van der Waals surface area contributed by atoms with Gasteiger partial charge in [-0.05, 0) is 19.2 Å². The zero-order chi connectivity index (χ0) is 13.8. The number of carbonyl (C=O) groups is 1. The minimum Gasteiger partial charge on any atom is -0.493 e. The summed E-state index contributed by atoms with van der Waals surface area (Å²) in [4.78, 5) is 14.1. The Morgan fingerprint density at radius 3 is 2.74 bits per heavy atom. The molecule has 0 radical (unpaired) electrons. The van der Waals surface area contributed by atoms with Gasteiger partial charge in [0, 0.05) is 30.6 Å². The lowest BCUT2D eigenvalue weighted by Crippen LogP contribution is -2.32. The number of benzene rings is 1. The summed E-state index contributed by atoms with van der Waals surface area (Å²) in [5, 5.41) is 0. The van der Waals surface area contributed by atoms with Gasteiger partial charge in [-0.1, -0.05) is 12.1 Å². The van der Waals surface area contributed by atoms with Crippen molar-refractivity contribution < 1.29 is 14.3 Å². The summed E-state index contributed by atoms with van der Waals surface area (Å²) in [5.74, 6) is 1.55. The summed E-state index contributed by atoms with van der Waals surface area (Å²) in [6.45, 7) is 1.50. The van der Waals surface area contributed by atoms with Crippen molar-refractivity contribution in [2.24, 2.45) is 0 Å². The molecule has 0 atom stereocenters. The summed E-state index contributed by atoms with van der Waals surface area (Å²) in [6, 6.07) is 5.66. The van der Waals surface area contributed by atoms with Crippen LogP contribution in [-0.2, 0) is 4.79 Å². The number of Topliss-reactive ketones (excluding diaryl/α,β-unsaturated/α-hetero) is 1. The summed E-state index contributed by atoms with van der Waals surface area (Å²) in [6.07, 6.45) is 2.48. The van der Waals surface area contributed by atoms with Crippen molar-refractivity contribution in [3.63, 3.8) is 0 Å². The number of likely N-dealkylation sites (N-methyl/N-ethyl adjacent to an activating group) is 1. The molecule has 0 aliphatic carbocycles. The average molecular weight is 261 g/mol. The molecule has 19 heavy (non-hydrogen) atoms. The summed E-state index contributed by atoms with van der Waals surface area (Å²) >= 11 is 0. The lowest BCUT2D eigenvalue weighted by atomic mass is 10.0. The Morgan fingerprint density at radius 1 is 1.26 bits per heavy atom. The molecule has 0 bridgehead atoms. The van der Waals surface area contributed by atoms with Gasteiger partial charge in [0.25, 0.3) is 0 Å². The van der Waals surface area contributed by atoms with E-state index in [1.807, 2.05) is 31.3 Å². The first-order valence-corrected chi connectivity index (χ1v) is 6.29. The first-order valence-electron chi connectivity index (χ1n) is 6.29. The fraction of sp³-hybridized carbons (Fsp3) is 0.400. The number of nitrogens with zero attached hydrogens (tertiary/aromatic N) is 1. The van der Waals surface area contributed by atoms with Crippen molar-refractivity contribution >= 4 is 11.9 Å². The van der Waals surface area contributed by atoms with Crippen molar-refractivity contribution in [1.82, 2.24) is 4.90 Å². The first kappa shape index (κ1) is 13.6. The number of methoxy groups -OCH3 is 2. The van der Waals surface area contributed by atoms with E-state index >= 15 is 0 Å². The Labute approximate surface area is 113 Å². The number of ether oxygens (including phenoxy) is 2. The quantitative estimate of drug-likeness (QED) is 0.780. The number of hydrogen-bond acceptors (Lipinski definition) is 4. The first-order chi connectivity index (χ1) is 9.15. The van der Waals surface area contributed by atoms with Crippen LogP contribution in [0.3, 0.4) is 0 Å². The SMILES string of the molecule is COc1cccc(/C=C2\CN(C)CCC2=O)c1OC. The topological polar surface area (TPSA) is 38.8 Å². The highest BCUT2D eigenvalue weighted by Gasteiger charge is 2.19. The van der Waals surface area contributed by atoms with E-state index in [4.69, 9.17) is 9.47 Å². The largest absolute Gasteiger partial charge is 0.493 e. The Morgan fingerprint density at radius 2 is 2.05 bits per heavy atom. The predicted octanol–water partition coefficient (Wildman–Crippen LogP) is 1.99. The zero-order valence-corrected chi connectivity index (χ0v) is 11.6. The summed E-state index contributed by atoms with van der Waals surface area (Å²) < 4.78 is 10.6. The van der Waals surface area contributed by atoms with Crippen molar-refractivity contribution in [3.8, 4) is 11.5 Å². The Hall–Kier alpha value is -1.81. The van der Waals surface area contributed by atoms with Gasteiger partial charge >= 0.3 is 0 Å². The fourth-order valence-corrected chi connectivity index (χ4v) is 2.25. The van der Waals surface area contributed by atoms with Crippen LogP contribution in [0.4, 0.5) is 0 Å². The highest BCUT2D eigenvalue weighted by molar-refractivity contribution is 6.01. The number of hydrogen-bond donors (Lipinski definition) is 0. The van der Waals surface area contributed by atoms with E-state index in [1.54, 1.807) is 14.2 Å². The molecule has 0 N–H and O–H groups in total. The standard InChI is InChI=1S/C15H19NO3/c1-16-8-7-13(17)12(10-16)9-11-5-4-6-14(18-2)15(11)19-3/h4-6,9H,7-8,10H2,1-3H3/b12-9+. The van der Waals surface area contributed by atoms with E-state index < -0.39 is 0 Å². The highest BCUT2D eigenvalue weighted by Crippen LogP contribution is 2.32. The maximum Gasteiger partial charge on any atom is 0.167 e. The van der Waals surface area contributed by atoms with Crippen molar-refractivity contribution in [2.75, 3.05) is 34.4 Å². The molecule has 4 nitrogen and oxygen atoms in total. The third-order valence-corrected chi connectivity index (χ3v) is 3.28. The number of carbonyl (C=O) groups excluding carboxylic acids is 1. The van der Waals surface area contributed by atoms with Gasteiger partial charge < -0.3 is 14.4 Å². The second-order valence-electron chi connectivity index (χ2n) is 4.66. The maximum atomic E-state index is 11.9. The molecule has 0 aromatic heterocycles. The average Bonchev–Trinajstić information content (AvgIpc) is 2.42. The molecule has 1 fully saturated rings. The van der Waals surface area contributed by atoms with E-state index in [0.717, 1.165) is 17.7 Å². The molecule has 0 amide bonds. The van der Waals surface area contributed by atoms with Gasteiger partial charge in [0.05, 0.1) is 14.2 Å². The van der Waals surface area contributed by atoms with Crippen LogP contribution in [-0.4, -0.2) is 45.0 Å². The van der Waals surface area contributed by atoms with E-state index in [-0.39, 0.29) is 5.78 Å². The molecule has 1 aliphatic rings. The van der Waals surface area contributed by atoms with Crippen LogP contribution < -0.4 is 9.47 Å². The zero-order valence-electron chi connectivity index (χ0n) is 11.6. The highest BCUT2D eigenvalue weighted by atomic mass is 16.5. The lowest BCUT2D eigenvalue weighted by molar-refractivity contribution is -0.117. The number of likely N-dealkylation sites (tertiary alicyclic amines) is 1. The number of rotatable bonds is 3. The second-order valence-corrected chi connectivity index (χ2v) is 4.66. The summed E-state index contributed by atoms with van der Waals surface area (Å²) in [7, 11) is 5.23. The van der Waals surface area contributed by atoms with Crippen LogP contribution in [0, 0.1) is 0 Å². The minimum absolute atomic E-state index is 0.211. The third-order valence-electron chi connectivity index (χ3n) is 3.28. The molecule has 1 saturated heterocycles. The van der Waals surface area contributed by atoms with Gasteiger partial charge in [-0.15, -0.1) is 0 Å². The molecule has 2 rings (SSSR count). The normalized spacial score (nSPS) is 18.7. The van der Waals surface area contributed by atoms with E-state index in [0.29, 0.717) is 24.5 Å². The molecular formula is C15H19NO3. The number of ketones is 1. The molecule has 4 heteroatoms. The molecule has 1 heterocycles. The molecule has 1 aromatic rings. The molecule has 1 aliphatic heterocycles.